The number of hydrogen-bond acceptors (Lipinski definition) is 2. The summed E-state index contributed by atoms with van der Waals surface area (Å²) < 4.78 is 1.90. The van der Waals surface area contributed by atoms with Gasteiger partial charge in [-0.2, -0.15) is 5.10 Å². The topological polar surface area (TPSA) is 29.9 Å². The second-order valence-electron chi connectivity index (χ2n) is 4.52. The lowest BCUT2D eigenvalue weighted by Gasteiger charge is -2.21. The number of hydrogen-bond donors (Lipinski definition) is 1. The van der Waals surface area contributed by atoms with Gasteiger partial charge in [0.1, 0.15) is 0 Å². The largest absolute Gasteiger partial charge is 0.310 e. The Hall–Kier alpha value is -0.830. The zero-order chi connectivity index (χ0) is 11.4. The molecule has 1 aromatic heterocycles. The van der Waals surface area contributed by atoms with Crippen molar-refractivity contribution in [2.45, 2.75) is 40.2 Å². The van der Waals surface area contributed by atoms with Gasteiger partial charge in [-0.25, -0.2) is 0 Å². The minimum absolute atomic E-state index is 0.429. The summed E-state index contributed by atoms with van der Waals surface area (Å²) in [5.41, 5.74) is 2.47. The quantitative estimate of drug-likeness (QED) is 0.807. The van der Waals surface area contributed by atoms with E-state index in [4.69, 9.17) is 0 Å². The van der Waals surface area contributed by atoms with Gasteiger partial charge in [0, 0.05) is 24.8 Å². The molecule has 15 heavy (non-hydrogen) atoms. The van der Waals surface area contributed by atoms with Gasteiger partial charge in [-0.15, -0.1) is 0 Å². The van der Waals surface area contributed by atoms with Gasteiger partial charge in [0.15, 0.2) is 0 Å². The molecule has 0 aliphatic carbocycles. The molecule has 1 aromatic rings. The zero-order valence-electron chi connectivity index (χ0n) is 10.5. The maximum absolute atomic E-state index is 4.40. The van der Waals surface area contributed by atoms with Crippen LogP contribution in [0.4, 0.5) is 0 Å². The van der Waals surface area contributed by atoms with Crippen LogP contribution in [0.3, 0.4) is 0 Å². The normalized spacial score (nSPS) is 13.5. The molecule has 0 radical (unpaired) electrons. The average Bonchev–Trinajstić information content (AvgIpc) is 2.46. The average molecular weight is 209 g/mol. The lowest BCUT2D eigenvalue weighted by molar-refractivity contribution is 0.411. The van der Waals surface area contributed by atoms with Crippen LogP contribution in [0.25, 0.3) is 0 Å². The molecule has 1 N–H and O–H groups in total. The summed E-state index contributed by atoms with van der Waals surface area (Å²) in [6, 6.07) is 0.429. The van der Waals surface area contributed by atoms with E-state index in [-0.39, 0.29) is 0 Å². The highest BCUT2D eigenvalue weighted by atomic mass is 15.3. The molecule has 3 nitrogen and oxygen atoms in total. The van der Waals surface area contributed by atoms with Gasteiger partial charge in [-0.1, -0.05) is 20.8 Å². The van der Waals surface area contributed by atoms with Crippen LogP contribution in [0, 0.1) is 12.8 Å². The maximum atomic E-state index is 4.40. The van der Waals surface area contributed by atoms with Gasteiger partial charge in [0.05, 0.1) is 5.69 Å². The molecule has 0 amide bonds. The standard InChI is InChI=1S/C12H23N3/c1-6-7-13-12(9(2)3)11-8-15(5)14-10(11)4/h8-9,12-13H,6-7H2,1-5H3. The molecule has 0 aliphatic rings. The Balaban J connectivity index is 2.83. The predicted molar refractivity (Wildman–Crippen MR) is 63.8 cm³/mol. The molecular formula is C12H23N3. The Kier molecular flexibility index (Phi) is 4.33. The fourth-order valence-corrected chi connectivity index (χ4v) is 1.93. The third-order valence-corrected chi connectivity index (χ3v) is 2.67. The van der Waals surface area contributed by atoms with Crippen LogP contribution in [0.2, 0.25) is 0 Å². The fourth-order valence-electron chi connectivity index (χ4n) is 1.93. The van der Waals surface area contributed by atoms with Crippen molar-refractivity contribution in [1.82, 2.24) is 15.1 Å². The Morgan fingerprint density at radius 2 is 2.13 bits per heavy atom. The Morgan fingerprint density at radius 1 is 1.47 bits per heavy atom. The van der Waals surface area contributed by atoms with Gasteiger partial charge in [0.2, 0.25) is 0 Å². The van der Waals surface area contributed by atoms with Gasteiger partial charge in [-0.05, 0) is 25.8 Å². The molecule has 3 heteroatoms. The van der Waals surface area contributed by atoms with E-state index in [2.05, 4.69) is 44.3 Å². The van der Waals surface area contributed by atoms with Crippen LogP contribution in [-0.2, 0) is 7.05 Å². The first kappa shape index (κ1) is 12.2. The summed E-state index contributed by atoms with van der Waals surface area (Å²) in [5.74, 6) is 0.597. The molecule has 0 spiro atoms. The molecule has 1 atom stereocenters. The highest BCUT2D eigenvalue weighted by Crippen LogP contribution is 2.23. The molecule has 1 heterocycles. The van der Waals surface area contributed by atoms with E-state index < -0.39 is 0 Å². The molecule has 0 aromatic carbocycles. The minimum atomic E-state index is 0.429. The molecule has 0 fully saturated rings. The van der Waals surface area contributed by atoms with Crippen LogP contribution in [-0.4, -0.2) is 16.3 Å². The summed E-state index contributed by atoms with van der Waals surface area (Å²) in [6.07, 6.45) is 3.30. The van der Waals surface area contributed by atoms with Crippen molar-refractivity contribution in [3.8, 4) is 0 Å². The van der Waals surface area contributed by atoms with Crippen molar-refractivity contribution in [1.29, 1.82) is 0 Å². The summed E-state index contributed by atoms with van der Waals surface area (Å²) in [6.45, 7) is 9.84. The van der Waals surface area contributed by atoms with Crippen molar-refractivity contribution in [3.05, 3.63) is 17.5 Å². The minimum Gasteiger partial charge on any atom is -0.310 e. The van der Waals surface area contributed by atoms with E-state index in [0.717, 1.165) is 12.2 Å². The number of nitrogens with one attached hydrogen (secondary N) is 1. The highest BCUT2D eigenvalue weighted by Gasteiger charge is 2.18. The Bertz CT molecular complexity index is 302. The second kappa shape index (κ2) is 5.31. The van der Waals surface area contributed by atoms with E-state index in [1.807, 2.05) is 11.7 Å². The SMILES string of the molecule is CCCNC(c1cn(C)nc1C)C(C)C. The van der Waals surface area contributed by atoms with Gasteiger partial charge >= 0.3 is 0 Å². The first-order chi connectivity index (χ1) is 7.06. The lowest BCUT2D eigenvalue weighted by atomic mass is 9.96. The number of aromatic nitrogens is 2. The van der Waals surface area contributed by atoms with Crippen molar-refractivity contribution >= 4 is 0 Å². The highest BCUT2D eigenvalue weighted by molar-refractivity contribution is 5.20. The summed E-state index contributed by atoms with van der Waals surface area (Å²) >= 11 is 0. The summed E-state index contributed by atoms with van der Waals surface area (Å²) in [5, 5.41) is 7.99. The summed E-state index contributed by atoms with van der Waals surface area (Å²) in [4.78, 5) is 0. The molecule has 0 saturated carbocycles. The van der Waals surface area contributed by atoms with Crippen LogP contribution >= 0.6 is 0 Å². The van der Waals surface area contributed by atoms with Crippen LogP contribution < -0.4 is 5.32 Å². The molecule has 0 bridgehead atoms. The molecule has 1 unspecified atom stereocenters. The zero-order valence-corrected chi connectivity index (χ0v) is 10.5. The van der Waals surface area contributed by atoms with Gasteiger partial charge in [-0.3, -0.25) is 4.68 Å². The Labute approximate surface area is 92.9 Å². The number of nitrogens with zero attached hydrogens (tertiary/aromatic N) is 2. The maximum Gasteiger partial charge on any atom is 0.0641 e. The van der Waals surface area contributed by atoms with Crippen LogP contribution in [0.5, 0.6) is 0 Å². The molecule has 0 saturated heterocycles. The predicted octanol–water partition coefficient (Wildman–Crippen LogP) is 2.43. The van der Waals surface area contributed by atoms with Crippen molar-refractivity contribution in [2.75, 3.05) is 6.54 Å². The van der Waals surface area contributed by atoms with Crippen LogP contribution in [0.15, 0.2) is 6.20 Å². The van der Waals surface area contributed by atoms with Gasteiger partial charge in [0.25, 0.3) is 0 Å². The number of rotatable bonds is 5. The molecule has 1 rings (SSSR count). The van der Waals surface area contributed by atoms with Crippen LogP contribution in [0.1, 0.15) is 44.5 Å². The third kappa shape index (κ3) is 3.06. The van der Waals surface area contributed by atoms with Crippen molar-refractivity contribution in [3.63, 3.8) is 0 Å². The lowest BCUT2D eigenvalue weighted by Crippen LogP contribution is -2.26. The Morgan fingerprint density at radius 3 is 2.53 bits per heavy atom. The monoisotopic (exact) mass is 209 g/mol. The fraction of sp³-hybridized carbons (Fsp3) is 0.750. The summed E-state index contributed by atoms with van der Waals surface area (Å²) in [7, 11) is 1.98. The second-order valence-corrected chi connectivity index (χ2v) is 4.52. The van der Waals surface area contributed by atoms with E-state index in [0.29, 0.717) is 12.0 Å². The first-order valence-electron chi connectivity index (χ1n) is 5.79. The number of aryl methyl sites for hydroxylation is 2. The smallest absolute Gasteiger partial charge is 0.0641 e. The van der Waals surface area contributed by atoms with E-state index in [1.54, 1.807) is 0 Å². The van der Waals surface area contributed by atoms with Crippen molar-refractivity contribution in [2.24, 2.45) is 13.0 Å². The van der Waals surface area contributed by atoms with E-state index in [1.165, 1.54) is 12.0 Å². The van der Waals surface area contributed by atoms with Gasteiger partial charge < -0.3 is 5.32 Å². The molecule has 86 valence electrons. The molecule has 0 aliphatic heterocycles. The molecular weight excluding hydrogens is 186 g/mol. The first-order valence-corrected chi connectivity index (χ1v) is 5.79. The van der Waals surface area contributed by atoms with E-state index >= 15 is 0 Å². The third-order valence-electron chi connectivity index (χ3n) is 2.67. The van der Waals surface area contributed by atoms with E-state index in [9.17, 15) is 0 Å². The van der Waals surface area contributed by atoms with Crippen molar-refractivity contribution < 1.29 is 0 Å².